The van der Waals surface area contributed by atoms with E-state index in [0.717, 1.165) is 95.8 Å². The van der Waals surface area contributed by atoms with Crippen LogP contribution < -0.4 is 0 Å². The van der Waals surface area contributed by atoms with Crippen molar-refractivity contribution < 1.29 is 80.2 Å². The molecule has 0 bridgehead atoms. The largest absolute Gasteiger partial charge is 0.472 e. The number of hydrogen-bond acceptors (Lipinski definition) is 15. The zero-order valence-electron chi connectivity index (χ0n) is 59.1. The Hall–Kier alpha value is -1.94. The lowest BCUT2D eigenvalue weighted by atomic mass is 10.0. The summed E-state index contributed by atoms with van der Waals surface area (Å²) in [7, 11) is -9.90. The number of aliphatic hydroxyl groups is 1. The van der Waals surface area contributed by atoms with Gasteiger partial charge in [0.1, 0.15) is 19.3 Å². The van der Waals surface area contributed by atoms with Gasteiger partial charge in [-0.3, -0.25) is 37.3 Å². The molecule has 0 aromatic carbocycles. The molecule has 19 heteroatoms. The molecule has 540 valence electrons. The van der Waals surface area contributed by atoms with Crippen molar-refractivity contribution in [2.45, 2.75) is 387 Å². The van der Waals surface area contributed by atoms with E-state index in [-0.39, 0.29) is 25.7 Å². The van der Waals surface area contributed by atoms with Crippen LogP contribution in [0.4, 0.5) is 0 Å². The van der Waals surface area contributed by atoms with Crippen LogP contribution in [0, 0.1) is 11.8 Å². The first-order chi connectivity index (χ1) is 43.9. The zero-order valence-corrected chi connectivity index (χ0v) is 60.9. The Morgan fingerprint density at radius 2 is 0.505 bits per heavy atom. The molecule has 0 radical (unpaired) electrons. The summed E-state index contributed by atoms with van der Waals surface area (Å²) in [6, 6.07) is 0. The number of hydrogen-bond donors (Lipinski definition) is 3. The van der Waals surface area contributed by atoms with Crippen LogP contribution in [-0.4, -0.2) is 96.7 Å². The van der Waals surface area contributed by atoms with Crippen LogP contribution in [0.3, 0.4) is 0 Å². The van der Waals surface area contributed by atoms with E-state index >= 15 is 0 Å². The summed E-state index contributed by atoms with van der Waals surface area (Å²) in [5, 5.41) is 10.6. The molecular formula is C72H140O17P2. The van der Waals surface area contributed by atoms with Crippen molar-refractivity contribution in [1.82, 2.24) is 0 Å². The second-order valence-corrected chi connectivity index (χ2v) is 29.8. The predicted molar refractivity (Wildman–Crippen MR) is 368 cm³/mol. The molecule has 0 saturated carbocycles. The Labute approximate surface area is 556 Å². The molecule has 5 atom stereocenters. The van der Waals surface area contributed by atoms with Crippen molar-refractivity contribution in [3.05, 3.63) is 0 Å². The first kappa shape index (κ1) is 89.1. The molecule has 0 fully saturated rings. The maximum Gasteiger partial charge on any atom is 0.472 e. The highest BCUT2D eigenvalue weighted by Crippen LogP contribution is 2.45. The second-order valence-electron chi connectivity index (χ2n) is 26.9. The third-order valence-corrected chi connectivity index (χ3v) is 18.6. The Morgan fingerprint density at radius 1 is 0.297 bits per heavy atom. The van der Waals surface area contributed by atoms with E-state index in [1.165, 1.54) is 186 Å². The monoisotopic (exact) mass is 1340 g/mol. The smallest absolute Gasteiger partial charge is 0.462 e. The van der Waals surface area contributed by atoms with Gasteiger partial charge in [0.15, 0.2) is 12.2 Å². The standard InChI is InChI=1S/C72H140O17P2/c1-7-9-11-13-15-17-18-19-20-21-22-23-24-25-28-33-37-44-50-56-71(76)88-67(60-83-70(75)55-49-43-36-32-29-26-27-31-34-40-46-52-64(3)4)62-86-90(78,79)84-58-66(73)59-85-91(80,81)87-63-68(89-72(77)57-51-45-39-38-41-47-53-65(5)6)61-82-69(74)54-48-42-35-30-16-14-12-10-8-2/h64-68,73H,7-63H2,1-6H3,(H,78,79)(H,80,81)/t66-,67-,68-/m1/s1. The highest BCUT2D eigenvalue weighted by atomic mass is 31.2. The van der Waals surface area contributed by atoms with E-state index in [4.69, 9.17) is 37.0 Å². The van der Waals surface area contributed by atoms with Gasteiger partial charge in [-0.25, -0.2) is 9.13 Å². The number of esters is 4. The third-order valence-electron chi connectivity index (χ3n) is 16.7. The molecule has 0 aliphatic carbocycles. The van der Waals surface area contributed by atoms with E-state index in [1.807, 2.05) is 0 Å². The molecule has 0 aliphatic rings. The molecular weight excluding hydrogens is 1200 g/mol. The molecule has 0 heterocycles. The lowest BCUT2D eigenvalue weighted by molar-refractivity contribution is -0.161. The van der Waals surface area contributed by atoms with Crippen LogP contribution in [0.2, 0.25) is 0 Å². The second kappa shape index (κ2) is 64.1. The highest BCUT2D eigenvalue weighted by Gasteiger charge is 2.30. The Bertz CT molecular complexity index is 1770. The van der Waals surface area contributed by atoms with Gasteiger partial charge in [-0.1, -0.05) is 318 Å². The van der Waals surface area contributed by atoms with Crippen LogP contribution in [0.1, 0.15) is 369 Å². The topological polar surface area (TPSA) is 237 Å². The number of phosphoric ester groups is 2. The first-order valence-electron chi connectivity index (χ1n) is 37.5. The van der Waals surface area contributed by atoms with E-state index in [0.29, 0.717) is 31.6 Å². The number of phosphoric acid groups is 2. The van der Waals surface area contributed by atoms with Crippen molar-refractivity contribution in [3.8, 4) is 0 Å². The molecule has 2 unspecified atom stereocenters. The predicted octanol–water partition coefficient (Wildman–Crippen LogP) is 20.8. The first-order valence-corrected chi connectivity index (χ1v) is 40.5. The van der Waals surface area contributed by atoms with E-state index in [2.05, 4.69) is 41.5 Å². The number of ether oxygens (including phenoxy) is 4. The van der Waals surface area contributed by atoms with Gasteiger partial charge in [0, 0.05) is 25.7 Å². The molecule has 3 N–H and O–H groups in total. The molecule has 0 saturated heterocycles. The van der Waals surface area contributed by atoms with Gasteiger partial charge in [-0.15, -0.1) is 0 Å². The molecule has 0 amide bonds. The van der Waals surface area contributed by atoms with Gasteiger partial charge in [0.2, 0.25) is 0 Å². The van der Waals surface area contributed by atoms with Crippen LogP contribution in [0.15, 0.2) is 0 Å². The maximum atomic E-state index is 13.0. The maximum absolute atomic E-state index is 13.0. The summed E-state index contributed by atoms with van der Waals surface area (Å²) in [6.45, 7) is 9.46. The van der Waals surface area contributed by atoms with Gasteiger partial charge in [0.05, 0.1) is 26.4 Å². The summed E-state index contributed by atoms with van der Waals surface area (Å²) in [5.41, 5.74) is 0. The summed E-state index contributed by atoms with van der Waals surface area (Å²) in [5.74, 6) is -0.687. The number of carbonyl (C=O) groups is 4. The minimum absolute atomic E-state index is 0.102. The molecule has 0 rings (SSSR count). The zero-order chi connectivity index (χ0) is 67.2. The van der Waals surface area contributed by atoms with E-state index in [1.54, 1.807) is 0 Å². The molecule has 0 aromatic heterocycles. The highest BCUT2D eigenvalue weighted by molar-refractivity contribution is 7.47. The average molecular weight is 1340 g/mol. The Morgan fingerprint density at radius 3 is 0.747 bits per heavy atom. The number of aliphatic hydroxyl groups excluding tert-OH is 1. The fraction of sp³-hybridized carbons (Fsp3) is 0.944. The number of unbranched alkanes of at least 4 members (excludes halogenated alkanes) is 41. The summed E-state index contributed by atoms with van der Waals surface area (Å²) in [4.78, 5) is 72.5. The van der Waals surface area contributed by atoms with Crippen molar-refractivity contribution >= 4 is 39.5 Å². The van der Waals surface area contributed by atoms with Crippen LogP contribution in [0.25, 0.3) is 0 Å². The SMILES string of the molecule is CCCCCCCCCCCCCCCCCCCCCC(=O)O[C@H](COC(=O)CCCCCCCCCCCCCC(C)C)COP(=O)(O)OC[C@@H](O)COP(=O)(O)OC[C@@H](COC(=O)CCCCCCCCCCC)OC(=O)CCCCCCCCC(C)C. The van der Waals surface area contributed by atoms with E-state index in [9.17, 15) is 43.2 Å². The molecule has 91 heavy (non-hydrogen) atoms. The van der Waals surface area contributed by atoms with Gasteiger partial charge in [-0.05, 0) is 37.5 Å². The average Bonchev–Trinajstić information content (AvgIpc) is 3.43. The van der Waals surface area contributed by atoms with E-state index < -0.39 is 97.5 Å². The minimum atomic E-state index is -4.95. The minimum Gasteiger partial charge on any atom is -0.462 e. The summed E-state index contributed by atoms with van der Waals surface area (Å²) in [6.07, 6.45) is 50.2. The fourth-order valence-corrected chi connectivity index (χ4v) is 12.5. The molecule has 17 nitrogen and oxygen atoms in total. The fourth-order valence-electron chi connectivity index (χ4n) is 10.9. The Balaban J connectivity index is 5.19. The van der Waals surface area contributed by atoms with Gasteiger partial charge in [0.25, 0.3) is 0 Å². The lowest BCUT2D eigenvalue weighted by Gasteiger charge is -2.21. The van der Waals surface area contributed by atoms with Crippen molar-refractivity contribution in [1.29, 1.82) is 0 Å². The van der Waals surface area contributed by atoms with Crippen LogP contribution in [0.5, 0.6) is 0 Å². The molecule has 0 aliphatic heterocycles. The lowest BCUT2D eigenvalue weighted by Crippen LogP contribution is -2.30. The number of rotatable bonds is 71. The third kappa shape index (κ3) is 66.5. The van der Waals surface area contributed by atoms with Gasteiger partial charge in [-0.2, -0.15) is 0 Å². The summed E-state index contributed by atoms with van der Waals surface area (Å²) >= 11 is 0. The molecule has 0 spiro atoms. The van der Waals surface area contributed by atoms with Crippen molar-refractivity contribution in [2.24, 2.45) is 11.8 Å². The van der Waals surface area contributed by atoms with Gasteiger partial charge >= 0.3 is 39.5 Å². The quantitative estimate of drug-likeness (QED) is 0.0222. The van der Waals surface area contributed by atoms with Crippen molar-refractivity contribution in [2.75, 3.05) is 39.6 Å². The molecule has 0 aromatic rings. The van der Waals surface area contributed by atoms with Gasteiger partial charge < -0.3 is 33.8 Å². The normalized spacial score (nSPS) is 14.1. The Kier molecular flexibility index (Phi) is 62.7. The number of carbonyl (C=O) groups excluding carboxylic acids is 4. The van der Waals surface area contributed by atoms with Crippen LogP contribution in [-0.2, 0) is 65.4 Å². The van der Waals surface area contributed by atoms with Crippen molar-refractivity contribution in [3.63, 3.8) is 0 Å². The summed E-state index contributed by atoms with van der Waals surface area (Å²) < 4.78 is 68.3. The van der Waals surface area contributed by atoms with Crippen LogP contribution >= 0.6 is 15.6 Å².